The van der Waals surface area contributed by atoms with Gasteiger partial charge in [-0.2, -0.15) is 0 Å². The summed E-state index contributed by atoms with van der Waals surface area (Å²) in [7, 11) is 0. The van der Waals surface area contributed by atoms with Gasteiger partial charge in [0.05, 0.1) is 6.61 Å². The minimum atomic E-state index is -0.753. The molecule has 0 spiro atoms. The van der Waals surface area contributed by atoms with Crippen LogP contribution in [0, 0.1) is 0 Å². The van der Waals surface area contributed by atoms with E-state index in [2.05, 4.69) is 4.98 Å². The Balaban J connectivity index is 1.39. The second kappa shape index (κ2) is 9.47. The second-order valence-electron chi connectivity index (χ2n) is 7.60. The van der Waals surface area contributed by atoms with E-state index in [1.165, 1.54) is 4.90 Å². The molecular weight excluding hydrogens is 394 g/mol. The third-order valence-electron chi connectivity index (χ3n) is 5.50. The number of hydrogen-bond acceptors (Lipinski definition) is 5. The molecule has 2 aromatic carbocycles. The van der Waals surface area contributed by atoms with Crippen LogP contribution in [0.4, 0.5) is 4.79 Å². The lowest BCUT2D eigenvalue weighted by Crippen LogP contribution is -2.54. The van der Waals surface area contributed by atoms with Crippen molar-refractivity contribution in [3.05, 3.63) is 72.6 Å². The third-order valence-corrected chi connectivity index (χ3v) is 5.50. The van der Waals surface area contributed by atoms with E-state index >= 15 is 0 Å². The quantitative estimate of drug-likeness (QED) is 0.619. The van der Waals surface area contributed by atoms with Gasteiger partial charge in [-0.15, -0.1) is 0 Å². The predicted molar refractivity (Wildman–Crippen MR) is 117 cm³/mol. The smallest absolute Gasteiger partial charge is 0.329 e. The van der Waals surface area contributed by atoms with E-state index in [4.69, 9.17) is 15.2 Å². The Kier molecular flexibility index (Phi) is 6.31. The Hall–Kier alpha value is -3.61. The fourth-order valence-corrected chi connectivity index (χ4v) is 3.86. The molecule has 0 saturated carbocycles. The maximum atomic E-state index is 12.7. The number of urea groups is 1. The van der Waals surface area contributed by atoms with Crippen molar-refractivity contribution < 1.29 is 19.1 Å². The summed E-state index contributed by atoms with van der Waals surface area (Å²) in [5.41, 5.74) is 6.59. The van der Waals surface area contributed by atoms with Gasteiger partial charge in [0.15, 0.2) is 0 Å². The highest BCUT2D eigenvalue weighted by molar-refractivity contribution is 5.84. The number of ether oxygens (including phenoxy) is 2. The number of fused-ring (bicyclic) bond motifs is 1. The molecule has 0 aliphatic carbocycles. The SMILES string of the molecule is NC(=O)N1CC[C@@H](Oc2ccc3cnccc3c2)C[C@@H]1C(=O)OCCc1ccccc1. The topological polar surface area (TPSA) is 94.8 Å². The monoisotopic (exact) mass is 419 g/mol. The normalized spacial score (nSPS) is 18.5. The van der Waals surface area contributed by atoms with Crippen molar-refractivity contribution in [2.24, 2.45) is 5.73 Å². The maximum absolute atomic E-state index is 12.7. The minimum absolute atomic E-state index is 0.221. The third kappa shape index (κ3) is 5.12. The molecule has 2 atom stereocenters. The molecule has 31 heavy (non-hydrogen) atoms. The fraction of sp³-hybridized carbons (Fsp3) is 0.292. The minimum Gasteiger partial charge on any atom is -0.490 e. The molecule has 1 aromatic heterocycles. The van der Waals surface area contributed by atoms with Gasteiger partial charge in [-0.25, -0.2) is 9.59 Å². The van der Waals surface area contributed by atoms with Gasteiger partial charge in [-0.1, -0.05) is 30.3 Å². The van der Waals surface area contributed by atoms with Gasteiger partial charge in [0.1, 0.15) is 17.9 Å². The van der Waals surface area contributed by atoms with Crippen molar-refractivity contribution in [2.45, 2.75) is 31.4 Å². The number of piperidine rings is 1. The Labute approximate surface area is 180 Å². The molecule has 2 heterocycles. The summed E-state index contributed by atoms with van der Waals surface area (Å²) < 4.78 is 11.6. The maximum Gasteiger partial charge on any atom is 0.329 e. The Morgan fingerprint density at radius 2 is 1.94 bits per heavy atom. The number of pyridine rings is 1. The molecule has 2 N–H and O–H groups in total. The van der Waals surface area contributed by atoms with Crippen molar-refractivity contribution >= 4 is 22.8 Å². The summed E-state index contributed by atoms with van der Waals surface area (Å²) in [5, 5.41) is 2.05. The number of likely N-dealkylation sites (tertiary alicyclic amines) is 1. The Morgan fingerprint density at radius 3 is 2.74 bits per heavy atom. The van der Waals surface area contributed by atoms with Crippen LogP contribution in [-0.2, 0) is 16.0 Å². The zero-order chi connectivity index (χ0) is 21.6. The molecule has 1 aliphatic rings. The summed E-state index contributed by atoms with van der Waals surface area (Å²) in [6.45, 7) is 0.589. The first-order chi connectivity index (χ1) is 15.1. The number of carbonyl (C=O) groups is 2. The van der Waals surface area contributed by atoms with E-state index in [0.717, 1.165) is 16.3 Å². The molecule has 1 saturated heterocycles. The molecule has 4 rings (SSSR count). The molecule has 0 bridgehead atoms. The van der Waals surface area contributed by atoms with Crippen molar-refractivity contribution in [3.63, 3.8) is 0 Å². The molecule has 0 radical (unpaired) electrons. The zero-order valence-corrected chi connectivity index (χ0v) is 17.1. The van der Waals surface area contributed by atoms with E-state index in [9.17, 15) is 9.59 Å². The largest absolute Gasteiger partial charge is 0.490 e. The summed E-state index contributed by atoms with van der Waals surface area (Å²) in [4.78, 5) is 30.1. The number of aromatic nitrogens is 1. The molecule has 1 aliphatic heterocycles. The highest BCUT2D eigenvalue weighted by Crippen LogP contribution is 2.26. The summed E-state index contributed by atoms with van der Waals surface area (Å²) in [5.74, 6) is 0.264. The first-order valence-corrected chi connectivity index (χ1v) is 10.4. The molecular formula is C24H25N3O4. The van der Waals surface area contributed by atoms with Crippen LogP contribution < -0.4 is 10.5 Å². The van der Waals surface area contributed by atoms with Crippen LogP contribution in [0.15, 0.2) is 67.0 Å². The van der Waals surface area contributed by atoms with Gasteiger partial charge >= 0.3 is 12.0 Å². The van der Waals surface area contributed by atoms with Crippen molar-refractivity contribution in [2.75, 3.05) is 13.2 Å². The van der Waals surface area contributed by atoms with Crippen molar-refractivity contribution in [3.8, 4) is 5.75 Å². The highest BCUT2D eigenvalue weighted by atomic mass is 16.5. The number of benzene rings is 2. The van der Waals surface area contributed by atoms with Gasteiger partial charge in [-0.05, 0) is 35.2 Å². The van der Waals surface area contributed by atoms with Crippen LogP contribution in [0.25, 0.3) is 10.8 Å². The first-order valence-electron chi connectivity index (χ1n) is 10.4. The van der Waals surface area contributed by atoms with Crippen LogP contribution in [0.1, 0.15) is 18.4 Å². The summed E-state index contributed by atoms with van der Waals surface area (Å²) in [6.07, 6.45) is 4.85. The fourth-order valence-electron chi connectivity index (χ4n) is 3.86. The van der Waals surface area contributed by atoms with Gasteiger partial charge in [0.2, 0.25) is 0 Å². The lowest BCUT2D eigenvalue weighted by Gasteiger charge is -2.36. The van der Waals surface area contributed by atoms with Crippen molar-refractivity contribution in [1.82, 2.24) is 9.88 Å². The average molecular weight is 419 g/mol. The number of primary amides is 1. The molecule has 3 aromatic rings. The van der Waals surface area contributed by atoms with Crippen LogP contribution >= 0.6 is 0 Å². The van der Waals surface area contributed by atoms with Gasteiger partial charge in [-0.3, -0.25) is 4.98 Å². The van der Waals surface area contributed by atoms with Crippen LogP contribution in [0.5, 0.6) is 5.75 Å². The summed E-state index contributed by atoms with van der Waals surface area (Å²) in [6, 6.07) is 16.1. The predicted octanol–water partition coefficient (Wildman–Crippen LogP) is 3.31. The summed E-state index contributed by atoms with van der Waals surface area (Å²) >= 11 is 0. The molecule has 160 valence electrons. The van der Waals surface area contributed by atoms with E-state index in [1.54, 1.807) is 12.4 Å². The lowest BCUT2D eigenvalue weighted by molar-refractivity contribution is -0.151. The number of nitrogens with zero attached hydrogens (tertiary/aromatic N) is 2. The number of esters is 1. The lowest BCUT2D eigenvalue weighted by atomic mass is 9.99. The van der Waals surface area contributed by atoms with Crippen LogP contribution in [0.3, 0.4) is 0 Å². The molecule has 1 fully saturated rings. The average Bonchev–Trinajstić information content (AvgIpc) is 2.79. The first kappa shape index (κ1) is 20.7. The van der Waals surface area contributed by atoms with Crippen LogP contribution in [0.2, 0.25) is 0 Å². The number of rotatable bonds is 6. The number of hydrogen-bond donors (Lipinski definition) is 1. The van der Waals surface area contributed by atoms with Gasteiger partial charge in [0.25, 0.3) is 0 Å². The van der Waals surface area contributed by atoms with E-state index in [-0.39, 0.29) is 12.7 Å². The Morgan fingerprint density at radius 1 is 1.10 bits per heavy atom. The highest BCUT2D eigenvalue weighted by Gasteiger charge is 2.37. The van der Waals surface area contributed by atoms with E-state index < -0.39 is 18.0 Å². The standard InChI is InChI=1S/C24H25N3O4/c25-24(29)27-12-9-21(31-20-7-6-19-16-26-11-8-18(19)14-20)15-22(27)23(28)30-13-10-17-4-2-1-3-5-17/h1-8,11,14,16,21-22H,9-10,12-13,15H2,(H2,25,29)/t21-,22-/m1/s1. The Bertz CT molecular complexity index is 1060. The zero-order valence-electron chi connectivity index (χ0n) is 17.1. The second-order valence-corrected chi connectivity index (χ2v) is 7.60. The van der Waals surface area contributed by atoms with Crippen LogP contribution in [-0.4, -0.2) is 47.2 Å². The molecule has 2 amide bonds. The molecule has 7 heteroatoms. The van der Waals surface area contributed by atoms with Gasteiger partial charge < -0.3 is 20.1 Å². The number of nitrogens with two attached hydrogens (primary N) is 1. The van der Waals surface area contributed by atoms with Crippen molar-refractivity contribution in [1.29, 1.82) is 0 Å². The molecule has 7 nitrogen and oxygen atoms in total. The molecule has 0 unspecified atom stereocenters. The van der Waals surface area contributed by atoms with E-state index in [1.807, 2.05) is 54.6 Å². The van der Waals surface area contributed by atoms with E-state index in [0.29, 0.717) is 31.6 Å². The number of amides is 2. The number of carbonyl (C=O) groups excluding carboxylic acids is 2. The van der Waals surface area contributed by atoms with Gasteiger partial charge in [0, 0.05) is 43.6 Å².